The summed E-state index contributed by atoms with van der Waals surface area (Å²) in [4.78, 5) is 9.87. The number of thiol groups is 1. The molecule has 1 atom stereocenters. The average molecular weight is 465 g/mol. The van der Waals surface area contributed by atoms with Gasteiger partial charge in [-0.05, 0) is 30.2 Å². The molecule has 0 saturated carbocycles. The lowest BCUT2D eigenvalue weighted by Gasteiger charge is -2.36. The van der Waals surface area contributed by atoms with Crippen molar-refractivity contribution in [1.82, 2.24) is 0 Å². The van der Waals surface area contributed by atoms with Gasteiger partial charge in [-0.25, -0.2) is 0 Å². The molecule has 0 radical (unpaired) electrons. The SMILES string of the molecule is CC(=O)Nc1ccc2c(c1)CCC(S)(c1ccc(C(O)(C(F)(F)F)C(F)(F)F)cc1)O2. The molecule has 2 aromatic rings. The molecule has 11 heteroatoms. The molecule has 1 aliphatic heterocycles. The van der Waals surface area contributed by atoms with Gasteiger partial charge in [0.15, 0.2) is 4.93 Å². The van der Waals surface area contributed by atoms with Crippen molar-refractivity contribution in [3.63, 3.8) is 0 Å². The third-order valence-corrected chi connectivity index (χ3v) is 5.54. The smallest absolute Gasteiger partial charge is 0.430 e. The molecular weight excluding hydrogens is 448 g/mol. The second-order valence-electron chi connectivity index (χ2n) is 7.17. The predicted octanol–water partition coefficient (Wildman–Crippen LogP) is 5.07. The van der Waals surface area contributed by atoms with Gasteiger partial charge in [-0.2, -0.15) is 26.3 Å². The van der Waals surface area contributed by atoms with Crippen LogP contribution >= 0.6 is 12.6 Å². The summed E-state index contributed by atoms with van der Waals surface area (Å²) in [5.41, 5.74) is -4.81. The lowest BCUT2D eigenvalue weighted by atomic mass is 9.89. The van der Waals surface area contributed by atoms with Gasteiger partial charge in [0, 0.05) is 30.2 Å². The highest BCUT2D eigenvalue weighted by molar-refractivity contribution is 7.81. The monoisotopic (exact) mass is 465 g/mol. The zero-order valence-corrected chi connectivity index (χ0v) is 16.8. The van der Waals surface area contributed by atoms with Gasteiger partial charge in [-0.3, -0.25) is 4.79 Å². The van der Waals surface area contributed by atoms with E-state index in [1.165, 1.54) is 6.92 Å². The first-order chi connectivity index (χ1) is 14.2. The molecule has 1 heterocycles. The van der Waals surface area contributed by atoms with Crippen LogP contribution in [0.25, 0.3) is 0 Å². The van der Waals surface area contributed by atoms with E-state index in [2.05, 4.69) is 17.9 Å². The predicted molar refractivity (Wildman–Crippen MR) is 103 cm³/mol. The van der Waals surface area contributed by atoms with E-state index in [-0.39, 0.29) is 17.9 Å². The van der Waals surface area contributed by atoms with Gasteiger partial charge in [0.05, 0.1) is 0 Å². The number of rotatable bonds is 3. The number of fused-ring (bicyclic) bond motifs is 1. The Morgan fingerprint density at radius 3 is 2.16 bits per heavy atom. The number of alkyl halides is 6. The number of carbonyl (C=O) groups excluding carboxylic acids is 1. The zero-order valence-electron chi connectivity index (χ0n) is 15.9. The Balaban J connectivity index is 1.90. The minimum Gasteiger partial charge on any atom is -0.472 e. The van der Waals surface area contributed by atoms with E-state index in [9.17, 15) is 36.2 Å². The molecule has 168 valence electrons. The Morgan fingerprint density at radius 2 is 1.65 bits per heavy atom. The molecule has 0 bridgehead atoms. The third kappa shape index (κ3) is 4.20. The molecule has 1 unspecified atom stereocenters. The highest BCUT2D eigenvalue weighted by Crippen LogP contribution is 2.50. The second-order valence-corrected chi connectivity index (χ2v) is 7.90. The van der Waals surface area contributed by atoms with Crippen LogP contribution in [0, 0.1) is 0 Å². The quantitative estimate of drug-likeness (QED) is 0.439. The Bertz CT molecular complexity index is 976. The maximum Gasteiger partial charge on any atom is 0.430 e. The Morgan fingerprint density at radius 1 is 1.06 bits per heavy atom. The second kappa shape index (κ2) is 7.63. The van der Waals surface area contributed by atoms with Gasteiger partial charge in [0.1, 0.15) is 5.75 Å². The summed E-state index contributed by atoms with van der Waals surface area (Å²) in [6.07, 6.45) is -11.2. The summed E-state index contributed by atoms with van der Waals surface area (Å²) in [6, 6.07) is 8.05. The fourth-order valence-corrected chi connectivity index (χ4v) is 3.71. The number of nitrogens with one attached hydrogen (secondary N) is 1. The van der Waals surface area contributed by atoms with Crippen molar-refractivity contribution in [2.75, 3.05) is 5.32 Å². The van der Waals surface area contributed by atoms with E-state index in [0.29, 0.717) is 30.0 Å². The van der Waals surface area contributed by atoms with Crippen molar-refractivity contribution >= 4 is 24.2 Å². The fraction of sp³-hybridized carbons (Fsp3) is 0.350. The summed E-state index contributed by atoms with van der Waals surface area (Å²) >= 11 is 4.47. The maximum absolute atomic E-state index is 13.1. The molecule has 0 aromatic heterocycles. The van der Waals surface area contributed by atoms with Crippen LogP contribution in [0.15, 0.2) is 42.5 Å². The van der Waals surface area contributed by atoms with Gasteiger partial charge in [0.2, 0.25) is 5.91 Å². The molecule has 3 rings (SSSR count). The first kappa shape index (κ1) is 23.3. The molecular formula is C20H17F6NO3S. The Kier molecular flexibility index (Phi) is 5.72. The van der Waals surface area contributed by atoms with E-state index in [4.69, 9.17) is 4.74 Å². The van der Waals surface area contributed by atoms with Crippen molar-refractivity contribution in [2.45, 2.75) is 42.7 Å². The van der Waals surface area contributed by atoms with Crippen molar-refractivity contribution in [1.29, 1.82) is 0 Å². The van der Waals surface area contributed by atoms with Crippen LogP contribution in [0.5, 0.6) is 5.75 Å². The summed E-state index contributed by atoms with van der Waals surface area (Å²) in [6.45, 7) is 1.36. The van der Waals surface area contributed by atoms with E-state index in [1.807, 2.05) is 0 Å². The van der Waals surface area contributed by atoms with Crippen molar-refractivity contribution in [2.24, 2.45) is 0 Å². The number of anilines is 1. The van der Waals surface area contributed by atoms with Crippen molar-refractivity contribution in [3.05, 3.63) is 59.2 Å². The number of amides is 1. The van der Waals surface area contributed by atoms with Crippen LogP contribution < -0.4 is 10.1 Å². The van der Waals surface area contributed by atoms with Crippen molar-refractivity contribution < 1.29 is 41.0 Å². The van der Waals surface area contributed by atoms with Crippen LogP contribution in [0.2, 0.25) is 0 Å². The summed E-state index contributed by atoms with van der Waals surface area (Å²) < 4.78 is 84.2. The van der Waals surface area contributed by atoms with E-state index in [0.717, 1.165) is 17.7 Å². The number of halogens is 6. The van der Waals surface area contributed by atoms with E-state index >= 15 is 0 Å². The molecule has 0 saturated heterocycles. The van der Waals surface area contributed by atoms with Gasteiger partial charge in [-0.15, -0.1) is 12.6 Å². The summed E-state index contributed by atoms with van der Waals surface area (Å²) in [5.74, 6) is 0.166. The maximum atomic E-state index is 13.1. The summed E-state index contributed by atoms with van der Waals surface area (Å²) in [7, 11) is 0. The molecule has 2 aromatic carbocycles. The minimum atomic E-state index is -5.96. The molecule has 0 fully saturated rings. The molecule has 31 heavy (non-hydrogen) atoms. The van der Waals surface area contributed by atoms with Gasteiger partial charge >= 0.3 is 12.4 Å². The van der Waals surface area contributed by atoms with E-state index < -0.39 is 28.5 Å². The number of benzene rings is 2. The first-order valence-corrected chi connectivity index (χ1v) is 9.41. The highest BCUT2D eigenvalue weighted by Gasteiger charge is 2.71. The lowest BCUT2D eigenvalue weighted by Crippen LogP contribution is -2.53. The summed E-state index contributed by atoms with van der Waals surface area (Å²) in [5, 5.41) is 12.1. The number of carbonyl (C=O) groups is 1. The number of ether oxygens (including phenoxy) is 1. The topological polar surface area (TPSA) is 58.6 Å². The van der Waals surface area contributed by atoms with Crippen molar-refractivity contribution in [3.8, 4) is 5.75 Å². The standard InChI is InChI=1S/C20H17F6NO3S/c1-11(28)27-15-6-7-16-12(10-15)8-9-17(31,30-16)13-2-4-14(5-3-13)18(29,19(21,22)23)20(24,25)26/h2-7,10,29,31H,8-9H2,1H3,(H,27,28). The zero-order chi connectivity index (χ0) is 23.2. The largest absolute Gasteiger partial charge is 0.472 e. The van der Waals surface area contributed by atoms with Crippen LogP contribution in [-0.4, -0.2) is 23.4 Å². The number of aryl methyl sites for hydroxylation is 1. The molecule has 1 aliphatic rings. The lowest BCUT2D eigenvalue weighted by molar-refractivity contribution is -0.376. The fourth-order valence-electron chi connectivity index (χ4n) is 3.36. The van der Waals surface area contributed by atoms with Crippen LogP contribution in [0.4, 0.5) is 32.0 Å². The minimum absolute atomic E-state index is 0.225. The number of hydrogen-bond donors (Lipinski definition) is 3. The normalized spacial score (nSPS) is 19.4. The highest BCUT2D eigenvalue weighted by atomic mass is 32.1. The first-order valence-electron chi connectivity index (χ1n) is 8.96. The molecule has 1 amide bonds. The third-order valence-electron chi connectivity index (χ3n) is 4.97. The van der Waals surface area contributed by atoms with E-state index in [1.54, 1.807) is 18.2 Å². The molecule has 2 N–H and O–H groups in total. The number of aliphatic hydroxyl groups is 1. The van der Waals surface area contributed by atoms with Crippen LogP contribution in [0.1, 0.15) is 30.0 Å². The average Bonchev–Trinajstić information content (AvgIpc) is 2.65. The van der Waals surface area contributed by atoms with Crippen LogP contribution in [-0.2, 0) is 21.7 Å². The van der Waals surface area contributed by atoms with Crippen LogP contribution in [0.3, 0.4) is 0 Å². The Labute approximate surface area is 178 Å². The molecule has 0 spiro atoms. The van der Waals surface area contributed by atoms with Gasteiger partial charge in [-0.1, -0.05) is 24.3 Å². The molecule has 4 nitrogen and oxygen atoms in total. The Hall–Kier alpha value is -2.40. The number of hydrogen-bond acceptors (Lipinski definition) is 4. The molecule has 0 aliphatic carbocycles. The van der Waals surface area contributed by atoms with Gasteiger partial charge in [0.25, 0.3) is 5.60 Å². The van der Waals surface area contributed by atoms with Gasteiger partial charge < -0.3 is 15.2 Å².